The molecule has 6 heteroatoms. The molecule has 0 radical (unpaired) electrons. The van der Waals surface area contributed by atoms with Gasteiger partial charge in [-0.15, -0.1) is 0 Å². The lowest BCUT2D eigenvalue weighted by molar-refractivity contribution is -0.786. The van der Waals surface area contributed by atoms with E-state index >= 15 is 0 Å². The summed E-state index contributed by atoms with van der Waals surface area (Å²) in [6, 6.07) is 21.9. The molecule has 0 saturated carbocycles. The number of hydrogen-bond donors (Lipinski definition) is 1. The molecular formula is C25H21ClN2O3. The maximum absolute atomic E-state index is 13.3. The molecule has 1 unspecified atom stereocenters. The topological polar surface area (TPSA) is 64.9 Å². The number of halogens is 1. The molecule has 31 heavy (non-hydrogen) atoms. The van der Waals surface area contributed by atoms with Crippen molar-refractivity contribution in [3.63, 3.8) is 0 Å². The smallest absolute Gasteiger partial charge is 0.299 e. The van der Waals surface area contributed by atoms with E-state index in [9.17, 15) is 14.7 Å². The molecule has 5 nitrogen and oxygen atoms in total. The van der Waals surface area contributed by atoms with Gasteiger partial charge in [-0.2, -0.15) is 0 Å². The van der Waals surface area contributed by atoms with E-state index in [4.69, 9.17) is 11.6 Å². The molecule has 1 fully saturated rings. The van der Waals surface area contributed by atoms with Crippen molar-refractivity contribution < 1.29 is 19.6 Å². The summed E-state index contributed by atoms with van der Waals surface area (Å²) >= 11 is 6.05. The Labute approximate surface area is 185 Å². The van der Waals surface area contributed by atoms with Gasteiger partial charge in [0.05, 0.1) is 20.1 Å². The van der Waals surface area contributed by atoms with Crippen LogP contribution in [0.3, 0.4) is 0 Å². The molecule has 4 rings (SSSR count). The van der Waals surface area contributed by atoms with E-state index in [0.717, 1.165) is 10.6 Å². The fraction of sp³-hybridized carbons (Fsp3) is 0.120. The first kappa shape index (κ1) is 20.8. The van der Waals surface area contributed by atoms with Crippen molar-refractivity contribution in [2.75, 3.05) is 19.0 Å². The molecule has 1 saturated heterocycles. The third kappa shape index (κ3) is 3.85. The van der Waals surface area contributed by atoms with Crippen LogP contribution in [0.2, 0.25) is 5.02 Å². The lowest BCUT2D eigenvalue weighted by Gasteiger charge is -2.27. The zero-order chi connectivity index (χ0) is 22.1. The standard InChI is InChI=1S/C25H21ClN2O3/c1-27(2)19-12-14-20(15-13-19)28-22(16-8-10-18(26)11-9-16)21(24(30)25(28)31)23(29)17-6-4-3-5-7-17/h3-15,22,29H,1-2H3/b23-21+. The van der Waals surface area contributed by atoms with E-state index in [0.29, 0.717) is 21.8 Å². The molecule has 3 aromatic rings. The van der Waals surface area contributed by atoms with Crippen molar-refractivity contribution in [1.29, 1.82) is 0 Å². The van der Waals surface area contributed by atoms with E-state index in [-0.39, 0.29) is 5.57 Å². The van der Waals surface area contributed by atoms with Gasteiger partial charge in [0.1, 0.15) is 5.69 Å². The van der Waals surface area contributed by atoms with Gasteiger partial charge in [-0.3, -0.25) is 14.5 Å². The number of anilines is 1. The van der Waals surface area contributed by atoms with Crippen LogP contribution in [0.25, 0.3) is 5.76 Å². The van der Waals surface area contributed by atoms with Crippen LogP contribution >= 0.6 is 11.6 Å². The third-order valence-corrected chi connectivity index (χ3v) is 5.63. The summed E-state index contributed by atoms with van der Waals surface area (Å²) in [5.74, 6) is -1.95. The summed E-state index contributed by atoms with van der Waals surface area (Å²) in [4.78, 5) is 28.7. The van der Waals surface area contributed by atoms with Crippen LogP contribution < -0.4 is 14.9 Å². The predicted octanol–water partition coefficient (Wildman–Crippen LogP) is 2.54. The molecule has 1 heterocycles. The number of benzene rings is 3. The molecule has 0 aliphatic carbocycles. The second kappa shape index (κ2) is 8.38. The average molecular weight is 433 g/mol. The summed E-state index contributed by atoms with van der Waals surface area (Å²) in [6.45, 7) is 0. The van der Waals surface area contributed by atoms with Crippen LogP contribution in [0.15, 0.2) is 84.4 Å². The SMILES string of the molecule is C[NH+](C)c1ccc(N2C(=O)C(=O)/C(=C(/[O-])c3ccccc3)C2c2ccc(Cl)cc2)cc1. The number of nitrogens with zero attached hydrogens (tertiary/aromatic N) is 1. The highest BCUT2D eigenvalue weighted by Gasteiger charge is 2.45. The number of nitrogens with one attached hydrogen (secondary N) is 1. The van der Waals surface area contributed by atoms with Crippen LogP contribution in [-0.2, 0) is 9.59 Å². The van der Waals surface area contributed by atoms with Gasteiger partial charge in [-0.25, -0.2) is 0 Å². The van der Waals surface area contributed by atoms with Gasteiger partial charge >= 0.3 is 0 Å². The first-order valence-electron chi connectivity index (χ1n) is 9.89. The summed E-state index contributed by atoms with van der Waals surface area (Å²) in [7, 11) is 4.00. The number of hydrogen-bond acceptors (Lipinski definition) is 3. The Hall–Kier alpha value is -3.41. The minimum absolute atomic E-state index is 0.0548. The monoisotopic (exact) mass is 432 g/mol. The van der Waals surface area contributed by atoms with Gasteiger partial charge in [0.15, 0.2) is 0 Å². The Morgan fingerprint density at radius 1 is 0.903 bits per heavy atom. The fourth-order valence-corrected chi connectivity index (χ4v) is 3.88. The van der Waals surface area contributed by atoms with Crippen LogP contribution in [0.5, 0.6) is 0 Å². The number of quaternary nitrogens is 1. The number of amides is 1. The van der Waals surface area contributed by atoms with Crippen molar-refractivity contribution in [2.24, 2.45) is 0 Å². The molecule has 1 N–H and O–H groups in total. The minimum Gasteiger partial charge on any atom is -0.872 e. The Morgan fingerprint density at radius 3 is 2.10 bits per heavy atom. The lowest BCUT2D eigenvalue weighted by atomic mass is 9.95. The van der Waals surface area contributed by atoms with Crippen LogP contribution in [0, 0.1) is 0 Å². The Kier molecular flexibility index (Phi) is 5.63. The number of rotatable bonds is 4. The lowest BCUT2D eigenvalue weighted by Crippen LogP contribution is -3.00. The van der Waals surface area contributed by atoms with E-state index < -0.39 is 23.5 Å². The molecule has 0 spiro atoms. The van der Waals surface area contributed by atoms with E-state index in [1.165, 1.54) is 4.90 Å². The highest BCUT2D eigenvalue weighted by atomic mass is 35.5. The van der Waals surface area contributed by atoms with Crippen LogP contribution in [0.1, 0.15) is 17.2 Å². The summed E-state index contributed by atoms with van der Waals surface area (Å²) in [5.41, 5.74) is 2.55. The Balaban J connectivity index is 1.90. The quantitative estimate of drug-likeness (QED) is 0.391. The second-order valence-corrected chi connectivity index (χ2v) is 8.05. The molecule has 1 atom stereocenters. The van der Waals surface area contributed by atoms with Gasteiger partial charge in [-0.05, 0) is 35.4 Å². The van der Waals surface area contributed by atoms with Gasteiger partial charge in [0, 0.05) is 28.4 Å². The van der Waals surface area contributed by atoms with Crippen LogP contribution in [0.4, 0.5) is 11.4 Å². The normalized spacial score (nSPS) is 18.1. The molecule has 0 bridgehead atoms. The summed E-state index contributed by atoms with van der Waals surface area (Å²) < 4.78 is 0. The predicted molar refractivity (Wildman–Crippen MR) is 119 cm³/mol. The zero-order valence-electron chi connectivity index (χ0n) is 17.1. The molecular weight excluding hydrogens is 412 g/mol. The van der Waals surface area contributed by atoms with Crippen molar-refractivity contribution in [3.8, 4) is 0 Å². The number of carbonyl (C=O) groups excluding carboxylic acids is 2. The second-order valence-electron chi connectivity index (χ2n) is 7.61. The first-order chi connectivity index (χ1) is 14.9. The maximum Gasteiger partial charge on any atom is 0.299 e. The minimum atomic E-state index is -0.831. The zero-order valence-corrected chi connectivity index (χ0v) is 17.9. The van der Waals surface area contributed by atoms with E-state index in [1.807, 2.05) is 26.2 Å². The highest BCUT2D eigenvalue weighted by molar-refractivity contribution is 6.51. The molecule has 1 aliphatic heterocycles. The van der Waals surface area contributed by atoms with E-state index in [1.54, 1.807) is 66.7 Å². The number of ketones is 1. The van der Waals surface area contributed by atoms with Crippen molar-refractivity contribution in [2.45, 2.75) is 6.04 Å². The third-order valence-electron chi connectivity index (χ3n) is 5.38. The van der Waals surface area contributed by atoms with Crippen molar-refractivity contribution >= 4 is 40.4 Å². The maximum atomic E-state index is 13.3. The molecule has 1 aliphatic rings. The van der Waals surface area contributed by atoms with Crippen molar-refractivity contribution in [1.82, 2.24) is 0 Å². The summed E-state index contributed by atoms with van der Waals surface area (Å²) in [6.07, 6.45) is 0. The molecule has 156 valence electrons. The van der Waals surface area contributed by atoms with Gasteiger partial charge in [0.2, 0.25) is 5.78 Å². The first-order valence-corrected chi connectivity index (χ1v) is 10.3. The van der Waals surface area contributed by atoms with Gasteiger partial charge in [0.25, 0.3) is 5.91 Å². The molecule has 1 amide bonds. The number of Topliss-reactive ketones (excluding diaryl/α,β-unsaturated/α-hetero) is 1. The van der Waals surface area contributed by atoms with Gasteiger partial charge in [-0.1, -0.05) is 59.8 Å². The van der Waals surface area contributed by atoms with Gasteiger partial charge < -0.3 is 10.0 Å². The van der Waals surface area contributed by atoms with Crippen molar-refractivity contribution in [3.05, 3.63) is 101 Å². The average Bonchev–Trinajstić information content (AvgIpc) is 3.05. The molecule has 3 aromatic carbocycles. The van der Waals surface area contributed by atoms with Crippen LogP contribution in [-0.4, -0.2) is 25.8 Å². The largest absolute Gasteiger partial charge is 0.872 e. The fourth-order valence-electron chi connectivity index (χ4n) is 3.75. The number of carbonyl (C=O) groups is 2. The highest BCUT2D eigenvalue weighted by Crippen LogP contribution is 2.41. The Bertz CT molecular complexity index is 1150. The Morgan fingerprint density at radius 2 is 1.52 bits per heavy atom. The summed E-state index contributed by atoms with van der Waals surface area (Å²) in [5, 5.41) is 13.8. The molecule has 0 aromatic heterocycles. The van der Waals surface area contributed by atoms with E-state index in [2.05, 4.69) is 0 Å².